The number of nitrogens with one attached hydrogen (secondary N) is 1. The smallest absolute Gasteiger partial charge is 0.214 e. The number of carbonyl (C=O) groups excluding carboxylic acids is 2. The lowest BCUT2D eigenvalue weighted by atomic mass is 9.99. The molecule has 106 valence electrons. The summed E-state index contributed by atoms with van der Waals surface area (Å²) in [4.78, 5) is 25.2. The van der Waals surface area contributed by atoms with E-state index in [9.17, 15) is 14.7 Å². The summed E-state index contributed by atoms with van der Waals surface area (Å²) in [6.45, 7) is 0. The third-order valence-corrected chi connectivity index (χ3v) is 3.68. The third-order valence-electron chi connectivity index (χ3n) is 2.94. The number of carbonyl (C=O) groups is 2. The van der Waals surface area contributed by atoms with Crippen LogP contribution in [0.4, 0.5) is 0 Å². The van der Waals surface area contributed by atoms with Crippen LogP contribution in [0, 0.1) is 5.41 Å². The topological polar surface area (TPSA) is 78.2 Å². The Bertz CT molecular complexity index is 690. The van der Waals surface area contributed by atoms with E-state index >= 15 is 0 Å². The monoisotopic (exact) mass is 299 g/mol. The number of thioether (sulfide) groups is 1. The fourth-order valence-corrected chi connectivity index (χ4v) is 2.16. The Balaban J connectivity index is 2.20. The second-order valence-corrected chi connectivity index (χ2v) is 5.19. The molecule has 2 aromatic rings. The predicted molar refractivity (Wildman–Crippen MR) is 82.7 cm³/mol. The fourth-order valence-electron chi connectivity index (χ4n) is 1.75. The van der Waals surface area contributed by atoms with Crippen molar-refractivity contribution in [2.75, 3.05) is 6.26 Å². The maximum absolute atomic E-state index is 12.1. The van der Waals surface area contributed by atoms with Crippen LogP contribution < -0.4 is 0 Å². The van der Waals surface area contributed by atoms with Crippen LogP contribution in [0.1, 0.15) is 20.7 Å². The van der Waals surface area contributed by atoms with Crippen molar-refractivity contribution in [3.8, 4) is 5.75 Å². The van der Waals surface area contributed by atoms with Crippen LogP contribution in [0.15, 0.2) is 53.4 Å². The zero-order chi connectivity index (χ0) is 15.4. The minimum Gasteiger partial charge on any atom is -0.508 e. The second kappa shape index (κ2) is 6.37. The van der Waals surface area contributed by atoms with Gasteiger partial charge in [-0.15, -0.1) is 11.8 Å². The summed E-state index contributed by atoms with van der Waals surface area (Å²) in [6.07, 6.45) is 1.92. The molecule has 21 heavy (non-hydrogen) atoms. The highest BCUT2D eigenvalue weighted by Gasteiger charge is 2.21. The number of ketones is 2. The first-order valence-electron chi connectivity index (χ1n) is 6.14. The molecule has 0 fully saturated rings. The number of benzene rings is 2. The predicted octanol–water partition coefficient (Wildman–Crippen LogP) is 3.20. The summed E-state index contributed by atoms with van der Waals surface area (Å²) in [7, 11) is 0. The van der Waals surface area contributed by atoms with Gasteiger partial charge in [0.2, 0.25) is 11.6 Å². The molecule has 0 aliphatic rings. The molecule has 2 aromatic carbocycles. The van der Waals surface area contributed by atoms with Crippen LogP contribution in [0.3, 0.4) is 0 Å². The van der Waals surface area contributed by atoms with Crippen molar-refractivity contribution in [1.82, 2.24) is 0 Å². The van der Waals surface area contributed by atoms with Crippen LogP contribution in [-0.4, -0.2) is 28.6 Å². The molecule has 0 bridgehead atoms. The molecule has 0 aliphatic carbocycles. The van der Waals surface area contributed by atoms with E-state index in [0.29, 0.717) is 5.56 Å². The van der Waals surface area contributed by atoms with Gasteiger partial charge in [-0.25, -0.2) is 0 Å². The summed E-state index contributed by atoms with van der Waals surface area (Å²) >= 11 is 1.55. The fraction of sp³-hybridized carbons (Fsp3) is 0.0625. The van der Waals surface area contributed by atoms with Crippen molar-refractivity contribution in [2.45, 2.75) is 4.90 Å². The van der Waals surface area contributed by atoms with Gasteiger partial charge in [-0.05, 0) is 54.8 Å². The number of hydrogen-bond acceptors (Lipinski definition) is 5. The van der Waals surface area contributed by atoms with Gasteiger partial charge in [0.25, 0.3) is 0 Å². The normalized spacial score (nSPS) is 10.1. The van der Waals surface area contributed by atoms with E-state index in [-0.39, 0.29) is 11.3 Å². The zero-order valence-corrected chi connectivity index (χ0v) is 12.1. The number of aromatic hydroxyl groups is 1. The molecular formula is C16H13NO3S. The lowest BCUT2D eigenvalue weighted by Gasteiger charge is -2.04. The quantitative estimate of drug-likeness (QED) is 0.384. The van der Waals surface area contributed by atoms with E-state index in [1.807, 2.05) is 6.26 Å². The summed E-state index contributed by atoms with van der Waals surface area (Å²) in [5.41, 5.74) is -0.0746. The summed E-state index contributed by atoms with van der Waals surface area (Å²) in [5, 5.41) is 16.9. The molecular weight excluding hydrogens is 286 g/mol. The van der Waals surface area contributed by atoms with Gasteiger partial charge in [0.15, 0.2) is 5.71 Å². The van der Waals surface area contributed by atoms with Crippen molar-refractivity contribution in [3.05, 3.63) is 59.7 Å². The molecule has 0 radical (unpaired) electrons. The first-order valence-corrected chi connectivity index (χ1v) is 7.36. The van der Waals surface area contributed by atoms with Crippen molar-refractivity contribution >= 4 is 29.0 Å². The Morgan fingerprint density at radius 1 is 0.905 bits per heavy atom. The number of rotatable bonds is 5. The van der Waals surface area contributed by atoms with E-state index in [1.54, 1.807) is 36.0 Å². The van der Waals surface area contributed by atoms with E-state index in [4.69, 9.17) is 5.41 Å². The maximum Gasteiger partial charge on any atom is 0.214 e. The highest BCUT2D eigenvalue weighted by atomic mass is 32.2. The zero-order valence-electron chi connectivity index (χ0n) is 11.3. The molecule has 0 unspecified atom stereocenters. The second-order valence-electron chi connectivity index (χ2n) is 4.31. The van der Waals surface area contributed by atoms with Crippen LogP contribution in [0.2, 0.25) is 0 Å². The van der Waals surface area contributed by atoms with Crippen molar-refractivity contribution in [2.24, 2.45) is 0 Å². The van der Waals surface area contributed by atoms with Crippen LogP contribution in [0.25, 0.3) is 0 Å². The van der Waals surface area contributed by atoms with E-state index in [2.05, 4.69) is 0 Å². The van der Waals surface area contributed by atoms with Gasteiger partial charge < -0.3 is 5.11 Å². The summed E-state index contributed by atoms with van der Waals surface area (Å²) < 4.78 is 0. The van der Waals surface area contributed by atoms with Gasteiger partial charge in [-0.2, -0.15) is 0 Å². The molecule has 2 rings (SSSR count). The molecule has 5 heteroatoms. The van der Waals surface area contributed by atoms with Gasteiger partial charge in [-0.1, -0.05) is 0 Å². The Hall–Kier alpha value is -2.40. The van der Waals surface area contributed by atoms with Crippen molar-refractivity contribution in [3.63, 3.8) is 0 Å². The number of Topliss-reactive ketones (excluding diaryl/α,β-unsaturated/α-hetero) is 2. The number of hydrogen-bond donors (Lipinski definition) is 2. The molecule has 2 N–H and O–H groups in total. The average Bonchev–Trinajstić information content (AvgIpc) is 2.53. The Morgan fingerprint density at radius 3 is 1.76 bits per heavy atom. The number of phenols is 1. The molecule has 0 aliphatic heterocycles. The van der Waals surface area contributed by atoms with E-state index in [0.717, 1.165) is 4.90 Å². The van der Waals surface area contributed by atoms with Crippen LogP contribution in [0.5, 0.6) is 5.75 Å². The molecule has 0 saturated heterocycles. The first-order chi connectivity index (χ1) is 10.0. The third kappa shape index (κ3) is 3.38. The SMILES string of the molecule is CSc1ccc(C(=O)C(=N)C(=O)c2ccc(O)cc2)cc1. The Labute approximate surface area is 126 Å². The minimum atomic E-state index is -0.658. The minimum absolute atomic E-state index is 0.0251. The summed E-state index contributed by atoms with van der Waals surface area (Å²) in [6, 6.07) is 12.2. The van der Waals surface area contributed by atoms with Gasteiger partial charge in [0, 0.05) is 16.0 Å². The lowest BCUT2D eigenvalue weighted by Crippen LogP contribution is -2.23. The maximum atomic E-state index is 12.1. The molecule has 0 atom stereocenters. The van der Waals surface area contributed by atoms with Crippen LogP contribution in [-0.2, 0) is 0 Å². The molecule has 0 heterocycles. The standard InChI is InChI=1S/C16H13NO3S/c1-21-13-8-4-11(5-9-13)16(20)14(17)15(19)10-2-6-12(18)7-3-10/h2-9,17-18H,1H3. The van der Waals surface area contributed by atoms with Gasteiger partial charge in [0.1, 0.15) is 5.75 Å². The van der Waals surface area contributed by atoms with Crippen LogP contribution >= 0.6 is 11.8 Å². The Kier molecular flexibility index (Phi) is 4.55. The molecule has 0 amide bonds. The molecule has 0 aromatic heterocycles. The molecule has 0 saturated carbocycles. The summed E-state index contributed by atoms with van der Waals surface area (Å²) in [5.74, 6) is -1.24. The van der Waals surface area contributed by atoms with Gasteiger partial charge in [-0.3, -0.25) is 15.0 Å². The van der Waals surface area contributed by atoms with Gasteiger partial charge >= 0.3 is 0 Å². The van der Waals surface area contributed by atoms with Gasteiger partial charge in [0.05, 0.1) is 0 Å². The van der Waals surface area contributed by atoms with Crippen molar-refractivity contribution < 1.29 is 14.7 Å². The van der Waals surface area contributed by atoms with E-state index < -0.39 is 17.3 Å². The number of phenolic OH excluding ortho intramolecular Hbond substituents is 1. The first kappa shape index (κ1) is 15.0. The molecule has 4 nitrogen and oxygen atoms in total. The lowest BCUT2D eigenvalue weighted by molar-refractivity contribution is 0.101. The highest BCUT2D eigenvalue weighted by molar-refractivity contribution is 7.98. The average molecular weight is 299 g/mol. The van der Waals surface area contributed by atoms with E-state index in [1.165, 1.54) is 24.3 Å². The Morgan fingerprint density at radius 2 is 1.33 bits per heavy atom. The van der Waals surface area contributed by atoms with Crippen molar-refractivity contribution in [1.29, 1.82) is 5.41 Å². The largest absolute Gasteiger partial charge is 0.508 e. The molecule has 0 spiro atoms. The highest BCUT2D eigenvalue weighted by Crippen LogP contribution is 2.16.